The van der Waals surface area contributed by atoms with Gasteiger partial charge in [0.05, 0.1) is 17.7 Å². The lowest BCUT2D eigenvalue weighted by atomic mass is 9.89. The van der Waals surface area contributed by atoms with E-state index < -0.39 is 17.8 Å². The molecule has 1 atom stereocenters. The second-order valence-corrected chi connectivity index (χ2v) is 7.05. The smallest absolute Gasteiger partial charge is 0.416 e. The van der Waals surface area contributed by atoms with Crippen LogP contribution in [0.5, 0.6) is 11.5 Å². The van der Waals surface area contributed by atoms with Gasteiger partial charge in [0.2, 0.25) is 0 Å². The molecule has 6 heteroatoms. The van der Waals surface area contributed by atoms with Crippen molar-refractivity contribution in [3.63, 3.8) is 0 Å². The Bertz CT molecular complexity index is 1120. The fourth-order valence-corrected chi connectivity index (χ4v) is 3.48. The van der Waals surface area contributed by atoms with Crippen molar-refractivity contribution >= 4 is 11.9 Å². The maximum absolute atomic E-state index is 13.4. The molecule has 158 valence electrons. The molecule has 1 unspecified atom stereocenters. The van der Waals surface area contributed by atoms with Gasteiger partial charge in [0.1, 0.15) is 11.5 Å². The number of carbonyl (C=O) groups is 1. The van der Waals surface area contributed by atoms with Crippen molar-refractivity contribution < 1.29 is 27.4 Å². The first-order chi connectivity index (χ1) is 14.9. The first-order valence-corrected chi connectivity index (χ1v) is 9.79. The van der Waals surface area contributed by atoms with Crippen LogP contribution >= 0.6 is 0 Å². The Kier molecular flexibility index (Phi) is 5.55. The van der Waals surface area contributed by atoms with E-state index in [-0.39, 0.29) is 5.78 Å². The molecule has 1 aliphatic heterocycles. The SMILES string of the molecule is CCOc1ccc2c(c1)C(=O)C(=Cc1ccc(C(F)(F)F)cc1)C(c1ccccc1)O2. The number of hydrogen-bond donors (Lipinski definition) is 0. The van der Waals surface area contributed by atoms with E-state index in [2.05, 4.69) is 0 Å². The van der Waals surface area contributed by atoms with Crippen LogP contribution in [-0.4, -0.2) is 12.4 Å². The zero-order chi connectivity index (χ0) is 22.0. The summed E-state index contributed by atoms with van der Waals surface area (Å²) >= 11 is 0. The van der Waals surface area contributed by atoms with E-state index in [1.54, 1.807) is 24.3 Å². The van der Waals surface area contributed by atoms with Crippen molar-refractivity contribution in [1.29, 1.82) is 0 Å². The summed E-state index contributed by atoms with van der Waals surface area (Å²) in [6, 6.07) is 19.0. The molecule has 0 spiro atoms. The molecule has 0 N–H and O–H groups in total. The molecule has 3 nitrogen and oxygen atoms in total. The Labute approximate surface area is 177 Å². The minimum Gasteiger partial charge on any atom is -0.494 e. The maximum atomic E-state index is 13.4. The monoisotopic (exact) mass is 424 g/mol. The molecule has 0 aliphatic carbocycles. The fraction of sp³-hybridized carbons (Fsp3) is 0.160. The average Bonchev–Trinajstić information content (AvgIpc) is 2.76. The number of ketones is 1. The molecule has 0 fully saturated rings. The predicted octanol–water partition coefficient (Wildman–Crippen LogP) is 6.50. The minimum atomic E-state index is -4.42. The molecule has 0 saturated carbocycles. The van der Waals surface area contributed by atoms with Gasteiger partial charge in [-0.05, 0) is 54.5 Å². The van der Waals surface area contributed by atoms with E-state index >= 15 is 0 Å². The Hall–Kier alpha value is -3.54. The predicted molar refractivity (Wildman–Crippen MR) is 111 cm³/mol. The first kappa shape index (κ1) is 20.7. The van der Waals surface area contributed by atoms with Gasteiger partial charge >= 0.3 is 6.18 Å². The Balaban J connectivity index is 1.79. The van der Waals surface area contributed by atoms with Crippen molar-refractivity contribution in [3.05, 3.63) is 101 Å². The molecule has 31 heavy (non-hydrogen) atoms. The molecule has 0 bridgehead atoms. The third kappa shape index (κ3) is 4.33. The van der Waals surface area contributed by atoms with Crippen LogP contribution in [0.3, 0.4) is 0 Å². The molecule has 0 saturated heterocycles. The van der Waals surface area contributed by atoms with Crippen LogP contribution in [0.1, 0.15) is 40.1 Å². The number of hydrogen-bond acceptors (Lipinski definition) is 3. The molecule has 1 aliphatic rings. The van der Waals surface area contributed by atoms with E-state index in [1.807, 2.05) is 37.3 Å². The average molecular weight is 424 g/mol. The van der Waals surface area contributed by atoms with Gasteiger partial charge in [-0.15, -0.1) is 0 Å². The van der Waals surface area contributed by atoms with Crippen molar-refractivity contribution in [2.24, 2.45) is 0 Å². The quantitative estimate of drug-likeness (QED) is 0.448. The van der Waals surface area contributed by atoms with Crippen LogP contribution in [0.4, 0.5) is 13.2 Å². The highest BCUT2D eigenvalue weighted by Gasteiger charge is 2.34. The van der Waals surface area contributed by atoms with Gasteiger partial charge < -0.3 is 9.47 Å². The van der Waals surface area contributed by atoms with Gasteiger partial charge in [0.15, 0.2) is 11.9 Å². The van der Waals surface area contributed by atoms with Crippen molar-refractivity contribution in [2.75, 3.05) is 6.61 Å². The minimum absolute atomic E-state index is 0.253. The summed E-state index contributed by atoms with van der Waals surface area (Å²) in [5.74, 6) is 0.730. The van der Waals surface area contributed by atoms with Crippen LogP contribution in [-0.2, 0) is 6.18 Å². The molecule has 4 rings (SSSR count). The molecular formula is C25H19F3O3. The van der Waals surface area contributed by atoms with E-state index in [0.29, 0.717) is 34.8 Å². The largest absolute Gasteiger partial charge is 0.494 e. The lowest BCUT2D eigenvalue weighted by molar-refractivity contribution is -0.137. The maximum Gasteiger partial charge on any atom is 0.416 e. The Morgan fingerprint density at radius 1 is 1.00 bits per heavy atom. The van der Waals surface area contributed by atoms with Gasteiger partial charge in [0, 0.05) is 5.57 Å². The van der Waals surface area contributed by atoms with E-state index in [4.69, 9.17) is 9.47 Å². The summed E-state index contributed by atoms with van der Waals surface area (Å²) in [4.78, 5) is 13.4. The zero-order valence-corrected chi connectivity index (χ0v) is 16.6. The van der Waals surface area contributed by atoms with Gasteiger partial charge in [-0.2, -0.15) is 13.2 Å². The topological polar surface area (TPSA) is 35.5 Å². The third-order valence-corrected chi connectivity index (χ3v) is 4.96. The number of ether oxygens (including phenoxy) is 2. The number of benzene rings is 3. The standard InChI is InChI=1S/C25H19F3O3/c1-2-30-19-12-13-22-20(15-19)23(29)21(24(31-22)17-6-4-3-5-7-17)14-16-8-10-18(11-9-16)25(26,27)28/h3-15,24H,2H2,1H3. The van der Waals surface area contributed by atoms with Crippen molar-refractivity contribution in [1.82, 2.24) is 0 Å². The Morgan fingerprint density at radius 3 is 2.35 bits per heavy atom. The number of fused-ring (bicyclic) bond motifs is 1. The Morgan fingerprint density at radius 2 is 1.71 bits per heavy atom. The summed E-state index contributed by atoms with van der Waals surface area (Å²) in [6.07, 6.45) is -3.52. The highest BCUT2D eigenvalue weighted by molar-refractivity contribution is 6.14. The lowest BCUT2D eigenvalue weighted by Crippen LogP contribution is -2.24. The van der Waals surface area contributed by atoms with E-state index in [1.165, 1.54) is 12.1 Å². The van der Waals surface area contributed by atoms with Crippen LogP contribution in [0, 0.1) is 0 Å². The first-order valence-electron chi connectivity index (χ1n) is 9.79. The van der Waals surface area contributed by atoms with Gasteiger partial charge in [-0.3, -0.25) is 4.79 Å². The molecule has 1 heterocycles. The third-order valence-electron chi connectivity index (χ3n) is 4.96. The van der Waals surface area contributed by atoms with Crippen LogP contribution in [0.15, 0.2) is 78.4 Å². The summed E-state index contributed by atoms with van der Waals surface area (Å²) in [6.45, 7) is 2.30. The summed E-state index contributed by atoms with van der Waals surface area (Å²) in [5.41, 5.74) is 1.20. The molecule has 0 aromatic heterocycles. The fourth-order valence-electron chi connectivity index (χ4n) is 3.48. The van der Waals surface area contributed by atoms with Crippen LogP contribution in [0.2, 0.25) is 0 Å². The van der Waals surface area contributed by atoms with Crippen molar-refractivity contribution in [2.45, 2.75) is 19.2 Å². The summed E-state index contributed by atoms with van der Waals surface area (Å²) in [5, 5.41) is 0. The second kappa shape index (κ2) is 8.30. The van der Waals surface area contributed by atoms with E-state index in [9.17, 15) is 18.0 Å². The summed E-state index contributed by atoms with van der Waals surface area (Å²) in [7, 11) is 0. The van der Waals surface area contributed by atoms with Gasteiger partial charge in [-0.25, -0.2) is 0 Å². The zero-order valence-electron chi connectivity index (χ0n) is 16.6. The lowest BCUT2D eigenvalue weighted by Gasteiger charge is -2.28. The molecule has 0 amide bonds. The number of Topliss-reactive ketones (excluding diaryl/α,β-unsaturated/α-hetero) is 1. The van der Waals surface area contributed by atoms with Crippen LogP contribution < -0.4 is 9.47 Å². The second-order valence-electron chi connectivity index (χ2n) is 7.05. The number of rotatable bonds is 4. The molecule has 0 radical (unpaired) electrons. The molecule has 3 aromatic rings. The molecule has 3 aromatic carbocycles. The highest BCUT2D eigenvalue weighted by Crippen LogP contribution is 2.41. The normalized spacial score (nSPS) is 17.2. The summed E-state index contributed by atoms with van der Waals surface area (Å²) < 4.78 is 50.3. The molecular weight excluding hydrogens is 405 g/mol. The van der Waals surface area contributed by atoms with E-state index in [0.717, 1.165) is 17.7 Å². The van der Waals surface area contributed by atoms with Gasteiger partial charge in [0.25, 0.3) is 0 Å². The number of carbonyl (C=O) groups excluding carboxylic acids is 1. The highest BCUT2D eigenvalue weighted by atomic mass is 19.4. The van der Waals surface area contributed by atoms with Crippen molar-refractivity contribution in [3.8, 4) is 11.5 Å². The van der Waals surface area contributed by atoms with Gasteiger partial charge in [-0.1, -0.05) is 42.5 Å². The number of alkyl halides is 3. The number of halogens is 3. The van der Waals surface area contributed by atoms with Crippen LogP contribution in [0.25, 0.3) is 6.08 Å².